The Morgan fingerprint density at radius 1 is 1.03 bits per heavy atom. The first-order valence-corrected chi connectivity index (χ1v) is 9.85. The van der Waals surface area contributed by atoms with Crippen LogP contribution in [0.1, 0.15) is 32.8 Å². The Kier molecular flexibility index (Phi) is 8.52. The van der Waals surface area contributed by atoms with E-state index >= 15 is 0 Å². The Morgan fingerprint density at radius 2 is 1.72 bits per heavy atom. The Morgan fingerprint density at radius 3 is 2.38 bits per heavy atom. The standard InChI is InChI=1S/C23H30N2O4/c1-5-17(2)24-23(27)18(3)25(15-19-10-9-13-21(14-19)28-4)22(26)16-29-20-11-7-6-8-12-20/h6-14,17-18H,5,15-16H2,1-4H3,(H,24,27)/t17-,18+/m1/s1. The van der Waals surface area contributed by atoms with Crippen LogP contribution < -0.4 is 14.8 Å². The van der Waals surface area contributed by atoms with Crippen LogP contribution >= 0.6 is 0 Å². The molecule has 0 saturated carbocycles. The maximum atomic E-state index is 13.0. The summed E-state index contributed by atoms with van der Waals surface area (Å²) < 4.78 is 10.9. The number of carbonyl (C=O) groups is 2. The summed E-state index contributed by atoms with van der Waals surface area (Å²) in [5.41, 5.74) is 0.876. The fourth-order valence-corrected chi connectivity index (χ4v) is 2.76. The molecule has 29 heavy (non-hydrogen) atoms. The molecule has 2 aromatic rings. The van der Waals surface area contributed by atoms with Gasteiger partial charge in [-0.05, 0) is 50.1 Å². The zero-order chi connectivity index (χ0) is 21.2. The van der Waals surface area contributed by atoms with E-state index in [1.165, 1.54) is 4.90 Å². The van der Waals surface area contributed by atoms with Crippen molar-refractivity contribution in [2.24, 2.45) is 0 Å². The molecule has 0 bridgehead atoms. The van der Waals surface area contributed by atoms with Gasteiger partial charge in [-0.25, -0.2) is 0 Å². The van der Waals surface area contributed by atoms with Crippen molar-refractivity contribution in [2.45, 2.75) is 45.8 Å². The average Bonchev–Trinajstić information content (AvgIpc) is 2.76. The van der Waals surface area contributed by atoms with Crippen molar-refractivity contribution < 1.29 is 19.1 Å². The average molecular weight is 399 g/mol. The van der Waals surface area contributed by atoms with Gasteiger partial charge >= 0.3 is 0 Å². The molecule has 0 heterocycles. The van der Waals surface area contributed by atoms with E-state index in [1.54, 1.807) is 26.2 Å². The summed E-state index contributed by atoms with van der Waals surface area (Å²) in [7, 11) is 1.60. The predicted molar refractivity (Wildman–Crippen MR) is 113 cm³/mol. The van der Waals surface area contributed by atoms with Crippen molar-refractivity contribution in [2.75, 3.05) is 13.7 Å². The van der Waals surface area contributed by atoms with Crippen molar-refractivity contribution in [3.8, 4) is 11.5 Å². The minimum atomic E-state index is -0.637. The number of nitrogens with zero attached hydrogens (tertiary/aromatic N) is 1. The number of ether oxygens (including phenoxy) is 2. The number of rotatable bonds is 10. The highest BCUT2D eigenvalue weighted by Gasteiger charge is 2.27. The normalized spacial score (nSPS) is 12.6. The summed E-state index contributed by atoms with van der Waals surface area (Å²) in [4.78, 5) is 27.2. The SMILES string of the molecule is CC[C@@H](C)NC(=O)[C@H](C)N(Cc1cccc(OC)c1)C(=O)COc1ccccc1. The zero-order valence-electron chi connectivity index (χ0n) is 17.6. The van der Waals surface area contributed by atoms with Gasteiger partial charge in [-0.1, -0.05) is 37.3 Å². The molecule has 1 N–H and O–H groups in total. The van der Waals surface area contributed by atoms with E-state index in [2.05, 4.69) is 5.32 Å². The van der Waals surface area contributed by atoms with Gasteiger partial charge in [-0.15, -0.1) is 0 Å². The zero-order valence-corrected chi connectivity index (χ0v) is 17.6. The molecule has 0 saturated heterocycles. The second kappa shape index (κ2) is 11.1. The topological polar surface area (TPSA) is 67.9 Å². The van der Waals surface area contributed by atoms with Crippen LogP contribution in [-0.4, -0.2) is 42.5 Å². The minimum Gasteiger partial charge on any atom is -0.497 e. The molecule has 156 valence electrons. The number of hydrogen-bond donors (Lipinski definition) is 1. The molecule has 0 aliphatic heterocycles. The fourth-order valence-electron chi connectivity index (χ4n) is 2.76. The summed E-state index contributed by atoms with van der Waals surface area (Å²) in [6.45, 7) is 5.82. The third-order valence-corrected chi connectivity index (χ3v) is 4.76. The maximum absolute atomic E-state index is 13.0. The molecule has 0 aromatic heterocycles. The van der Waals surface area contributed by atoms with Gasteiger partial charge in [0.15, 0.2) is 6.61 Å². The van der Waals surface area contributed by atoms with Crippen LogP contribution in [0.4, 0.5) is 0 Å². The fraction of sp³-hybridized carbons (Fsp3) is 0.391. The molecule has 0 spiro atoms. The van der Waals surface area contributed by atoms with Crippen molar-refractivity contribution in [3.05, 3.63) is 60.2 Å². The first-order valence-electron chi connectivity index (χ1n) is 9.85. The molecule has 6 nitrogen and oxygen atoms in total. The van der Waals surface area contributed by atoms with Crippen LogP contribution in [0.25, 0.3) is 0 Å². The van der Waals surface area contributed by atoms with Gasteiger partial charge in [-0.3, -0.25) is 9.59 Å². The second-order valence-corrected chi connectivity index (χ2v) is 6.97. The maximum Gasteiger partial charge on any atom is 0.261 e. The number of benzene rings is 2. The molecule has 0 aliphatic carbocycles. The van der Waals surface area contributed by atoms with E-state index in [-0.39, 0.29) is 31.0 Å². The van der Waals surface area contributed by atoms with Gasteiger partial charge in [0.25, 0.3) is 5.91 Å². The van der Waals surface area contributed by atoms with Crippen LogP contribution in [0.15, 0.2) is 54.6 Å². The summed E-state index contributed by atoms with van der Waals surface area (Å²) in [5.74, 6) is 0.866. The Balaban J connectivity index is 2.16. The molecular formula is C23H30N2O4. The molecule has 2 rings (SSSR count). The molecular weight excluding hydrogens is 368 g/mol. The van der Waals surface area contributed by atoms with Gasteiger partial charge < -0.3 is 19.7 Å². The van der Waals surface area contributed by atoms with E-state index in [1.807, 2.05) is 56.3 Å². The van der Waals surface area contributed by atoms with Crippen molar-refractivity contribution >= 4 is 11.8 Å². The highest BCUT2D eigenvalue weighted by Crippen LogP contribution is 2.17. The van der Waals surface area contributed by atoms with Crippen LogP contribution in [0, 0.1) is 0 Å². The van der Waals surface area contributed by atoms with Crippen molar-refractivity contribution in [1.29, 1.82) is 0 Å². The molecule has 2 aromatic carbocycles. The number of methoxy groups -OCH3 is 1. The smallest absolute Gasteiger partial charge is 0.261 e. The third kappa shape index (κ3) is 6.82. The minimum absolute atomic E-state index is 0.0410. The third-order valence-electron chi connectivity index (χ3n) is 4.76. The Labute approximate surface area is 172 Å². The van der Waals surface area contributed by atoms with Crippen LogP contribution in [0.2, 0.25) is 0 Å². The molecule has 0 fully saturated rings. The number of hydrogen-bond acceptors (Lipinski definition) is 4. The van der Waals surface area contributed by atoms with E-state index in [4.69, 9.17) is 9.47 Å². The van der Waals surface area contributed by atoms with Gasteiger partial charge in [0.1, 0.15) is 17.5 Å². The number of carbonyl (C=O) groups excluding carboxylic acids is 2. The molecule has 2 atom stereocenters. The quantitative estimate of drug-likeness (QED) is 0.666. The van der Waals surface area contributed by atoms with Crippen LogP contribution in [0.5, 0.6) is 11.5 Å². The first-order chi connectivity index (χ1) is 13.9. The lowest BCUT2D eigenvalue weighted by Gasteiger charge is -2.29. The predicted octanol–water partition coefficient (Wildman–Crippen LogP) is 3.41. The summed E-state index contributed by atoms with van der Waals surface area (Å²) in [5, 5.41) is 2.95. The second-order valence-electron chi connectivity index (χ2n) is 6.97. The lowest BCUT2D eigenvalue weighted by Crippen LogP contribution is -2.50. The molecule has 0 radical (unpaired) electrons. The summed E-state index contributed by atoms with van der Waals surface area (Å²) in [6, 6.07) is 16.0. The van der Waals surface area contributed by atoms with E-state index in [0.29, 0.717) is 11.5 Å². The van der Waals surface area contributed by atoms with Gasteiger partial charge in [0.2, 0.25) is 5.91 Å². The van der Waals surface area contributed by atoms with E-state index in [0.717, 1.165) is 12.0 Å². The Hall–Kier alpha value is -3.02. The van der Waals surface area contributed by atoms with E-state index in [9.17, 15) is 9.59 Å². The van der Waals surface area contributed by atoms with Crippen LogP contribution in [0.3, 0.4) is 0 Å². The van der Waals surface area contributed by atoms with Crippen molar-refractivity contribution in [3.63, 3.8) is 0 Å². The molecule has 0 aliphatic rings. The largest absolute Gasteiger partial charge is 0.497 e. The Bertz CT molecular complexity index is 794. The number of para-hydroxylation sites is 1. The van der Waals surface area contributed by atoms with Crippen LogP contribution in [-0.2, 0) is 16.1 Å². The first kappa shape index (κ1) is 22.3. The number of amides is 2. The molecule has 0 unspecified atom stereocenters. The van der Waals surface area contributed by atoms with Crippen molar-refractivity contribution in [1.82, 2.24) is 10.2 Å². The monoisotopic (exact) mass is 398 g/mol. The molecule has 2 amide bonds. The number of nitrogens with one attached hydrogen (secondary N) is 1. The van der Waals surface area contributed by atoms with Gasteiger partial charge in [-0.2, -0.15) is 0 Å². The highest BCUT2D eigenvalue weighted by atomic mass is 16.5. The summed E-state index contributed by atoms with van der Waals surface area (Å²) in [6.07, 6.45) is 0.819. The lowest BCUT2D eigenvalue weighted by atomic mass is 10.1. The van der Waals surface area contributed by atoms with E-state index < -0.39 is 6.04 Å². The van der Waals surface area contributed by atoms with Gasteiger partial charge in [0, 0.05) is 12.6 Å². The lowest BCUT2D eigenvalue weighted by molar-refractivity contribution is -0.142. The summed E-state index contributed by atoms with van der Waals surface area (Å²) >= 11 is 0. The highest BCUT2D eigenvalue weighted by molar-refractivity contribution is 5.88. The van der Waals surface area contributed by atoms with Gasteiger partial charge in [0.05, 0.1) is 7.11 Å². The molecule has 6 heteroatoms.